The molecule has 0 aromatic carbocycles. The van der Waals surface area contributed by atoms with Crippen LogP contribution < -0.4 is 5.32 Å². The van der Waals surface area contributed by atoms with Crippen LogP contribution in [0.5, 0.6) is 0 Å². The van der Waals surface area contributed by atoms with Crippen molar-refractivity contribution in [2.75, 3.05) is 26.2 Å². The predicted octanol–water partition coefficient (Wildman–Crippen LogP) is 3.22. The van der Waals surface area contributed by atoms with Crippen LogP contribution in [0.25, 0.3) is 0 Å². The molecule has 1 aromatic heterocycles. The number of nitrogens with zero attached hydrogens (tertiary/aromatic N) is 1. The quantitative estimate of drug-likeness (QED) is 0.885. The minimum Gasteiger partial charge on any atom is -0.316 e. The van der Waals surface area contributed by atoms with E-state index in [1.165, 1.54) is 24.4 Å². The van der Waals surface area contributed by atoms with Crippen molar-refractivity contribution in [3.05, 3.63) is 21.3 Å². The molecule has 1 aromatic rings. The number of thiophene rings is 1. The number of hydrogen-bond donors (Lipinski definition) is 1. The van der Waals surface area contributed by atoms with Gasteiger partial charge in [-0.1, -0.05) is 25.4 Å². The third-order valence-corrected chi connectivity index (χ3v) is 4.73. The maximum atomic E-state index is 5.97. The molecule has 1 unspecified atom stereocenters. The normalized spacial score (nSPS) is 24.7. The topological polar surface area (TPSA) is 15.3 Å². The molecule has 0 spiro atoms. The lowest BCUT2D eigenvalue weighted by atomic mass is 9.89. The fourth-order valence-corrected chi connectivity index (χ4v) is 3.61. The van der Waals surface area contributed by atoms with E-state index in [-0.39, 0.29) is 0 Å². The highest BCUT2D eigenvalue weighted by atomic mass is 35.5. The minimum atomic E-state index is 0.442. The van der Waals surface area contributed by atoms with E-state index in [1.807, 2.05) is 6.07 Å². The van der Waals surface area contributed by atoms with Crippen LogP contribution in [0, 0.1) is 5.41 Å². The number of halogens is 1. The van der Waals surface area contributed by atoms with Crippen LogP contribution in [-0.2, 0) is 6.54 Å². The number of nitrogens with one attached hydrogen (secondary N) is 1. The molecule has 1 aliphatic rings. The van der Waals surface area contributed by atoms with E-state index >= 15 is 0 Å². The van der Waals surface area contributed by atoms with Gasteiger partial charge in [0.05, 0.1) is 4.34 Å². The van der Waals surface area contributed by atoms with Crippen molar-refractivity contribution in [2.45, 2.75) is 26.8 Å². The van der Waals surface area contributed by atoms with Crippen LogP contribution >= 0.6 is 22.9 Å². The van der Waals surface area contributed by atoms with Gasteiger partial charge in [0.25, 0.3) is 0 Å². The molecule has 0 bridgehead atoms. The lowest BCUT2D eigenvalue weighted by molar-refractivity contribution is 0.179. The van der Waals surface area contributed by atoms with Crippen LogP contribution in [0.2, 0.25) is 4.34 Å². The van der Waals surface area contributed by atoms with Gasteiger partial charge in [0.15, 0.2) is 0 Å². The summed E-state index contributed by atoms with van der Waals surface area (Å²) in [6.45, 7) is 10.2. The average Bonchev–Trinajstić information content (AvgIpc) is 2.87. The molecule has 0 saturated carbocycles. The zero-order valence-electron chi connectivity index (χ0n) is 10.6. The maximum Gasteiger partial charge on any atom is 0.0931 e. The molecule has 0 amide bonds. The van der Waals surface area contributed by atoms with Crippen molar-refractivity contribution in [1.29, 1.82) is 0 Å². The summed E-state index contributed by atoms with van der Waals surface area (Å²) in [4.78, 5) is 3.89. The van der Waals surface area contributed by atoms with E-state index in [9.17, 15) is 0 Å². The average molecular weight is 273 g/mol. The second-order valence-electron chi connectivity index (χ2n) is 5.25. The van der Waals surface area contributed by atoms with Crippen LogP contribution in [-0.4, -0.2) is 31.1 Å². The third kappa shape index (κ3) is 3.68. The van der Waals surface area contributed by atoms with Gasteiger partial charge in [-0.05, 0) is 37.1 Å². The van der Waals surface area contributed by atoms with Gasteiger partial charge >= 0.3 is 0 Å². The molecule has 1 saturated heterocycles. The molecule has 1 aliphatic heterocycles. The molecule has 2 nitrogen and oxygen atoms in total. The first-order chi connectivity index (χ1) is 8.11. The largest absolute Gasteiger partial charge is 0.316 e. The van der Waals surface area contributed by atoms with E-state index in [1.54, 1.807) is 11.3 Å². The molecule has 0 radical (unpaired) electrons. The summed E-state index contributed by atoms with van der Waals surface area (Å²) in [5, 5.41) is 3.47. The summed E-state index contributed by atoms with van der Waals surface area (Å²) in [6.07, 6.45) is 1.29. The smallest absolute Gasteiger partial charge is 0.0931 e. The van der Waals surface area contributed by atoms with Gasteiger partial charge in [-0.25, -0.2) is 0 Å². The molecule has 2 heterocycles. The molecule has 1 atom stereocenters. The predicted molar refractivity (Wildman–Crippen MR) is 75.9 cm³/mol. The van der Waals surface area contributed by atoms with E-state index < -0.39 is 0 Å². The van der Waals surface area contributed by atoms with Crippen molar-refractivity contribution in [1.82, 2.24) is 10.2 Å². The van der Waals surface area contributed by atoms with E-state index in [2.05, 4.69) is 30.1 Å². The van der Waals surface area contributed by atoms with Gasteiger partial charge < -0.3 is 5.32 Å². The standard InChI is InChI=1S/C13H21ClN2S/c1-3-16(8-11-4-5-12(14)17-11)10-13(2)6-7-15-9-13/h4-5,15H,3,6-10H2,1-2H3. The zero-order valence-corrected chi connectivity index (χ0v) is 12.2. The lowest BCUT2D eigenvalue weighted by Gasteiger charge is -2.30. The van der Waals surface area contributed by atoms with Crippen LogP contribution in [0.4, 0.5) is 0 Å². The molecule has 1 fully saturated rings. The molecule has 17 heavy (non-hydrogen) atoms. The Hall–Kier alpha value is -0.0900. The summed E-state index contributed by atoms with van der Waals surface area (Å²) in [5.41, 5.74) is 0.442. The Morgan fingerprint density at radius 2 is 2.35 bits per heavy atom. The van der Waals surface area contributed by atoms with Crippen LogP contribution in [0.15, 0.2) is 12.1 Å². The fourth-order valence-electron chi connectivity index (χ4n) is 2.48. The first kappa shape index (κ1) is 13.3. The highest BCUT2D eigenvalue weighted by molar-refractivity contribution is 7.16. The third-order valence-electron chi connectivity index (χ3n) is 3.52. The van der Waals surface area contributed by atoms with Gasteiger partial charge in [-0.2, -0.15) is 0 Å². The Morgan fingerprint density at radius 1 is 1.53 bits per heavy atom. The molecule has 96 valence electrons. The van der Waals surface area contributed by atoms with Crippen LogP contribution in [0.3, 0.4) is 0 Å². The van der Waals surface area contributed by atoms with Crippen molar-refractivity contribution < 1.29 is 0 Å². The maximum absolute atomic E-state index is 5.97. The van der Waals surface area contributed by atoms with E-state index in [0.29, 0.717) is 5.41 Å². The Morgan fingerprint density at radius 3 is 2.88 bits per heavy atom. The van der Waals surface area contributed by atoms with Crippen molar-refractivity contribution in [2.24, 2.45) is 5.41 Å². The molecule has 4 heteroatoms. The zero-order chi connectivity index (χ0) is 12.3. The first-order valence-corrected chi connectivity index (χ1v) is 7.48. The Balaban J connectivity index is 1.92. The fraction of sp³-hybridized carbons (Fsp3) is 0.692. The van der Waals surface area contributed by atoms with Gasteiger partial charge in [-0.3, -0.25) is 4.90 Å². The van der Waals surface area contributed by atoms with Crippen molar-refractivity contribution in [3.8, 4) is 0 Å². The van der Waals surface area contributed by atoms with E-state index in [4.69, 9.17) is 11.6 Å². The SMILES string of the molecule is CCN(Cc1ccc(Cl)s1)CC1(C)CCNC1. The summed E-state index contributed by atoms with van der Waals surface area (Å²) in [7, 11) is 0. The summed E-state index contributed by atoms with van der Waals surface area (Å²) < 4.78 is 0.893. The molecular formula is C13H21ClN2S. The highest BCUT2D eigenvalue weighted by Gasteiger charge is 2.30. The summed E-state index contributed by atoms with van der Waals surface area (Å²) >= 11 is 7.67. The highest BCUT2D eigenvalue weighted by Crippen LogP contribution is 2.28. The summed E-state index contributed by atoms with van der Waals surface area (Å²) in [6, 6.07) is 4.14. The second kappa shape index (κ2) is 5.70. The first-order valence-electron chi connectivity index (χ1n) is 6.29. The molecule has 1 N–H and O–H groups in total. The van der Waals surface area contributed by atoms with Gasteiger partial charge in [0.1, 0.15) is 0 Å². The lowest BCUT2D eigenvalue weighted by Crippen LogP contribution is -2.36. The minimum absolute atomic E-state index is 0.442. The van der Waals surface area contributed by atoms with Crippen LogP contribution in [0.1, 0.15) is 25.1 Å². The van der Waals surface area contributed by atoms with Gasteiger partial charge in [-0.15, -0.1) is 11.3 Å². The van der Waals surface area contributed by atoms with Crippen molar-refractivity contribution in [3.63, 3.8) is 0 Å². The Kier molecular flexibility index (Phi) is 4.47. The Labute approximate surface area is 113 Å². The van der Waals surface area contributed by atoms with E-state index in [0.717, 1.165) is 24.0 Å². The number of hydrogen-bond acceptors (Lipinski definition) is 3. The molecule has 0 aliphatic carbocycles. The van der Waals surface area contributed by atoms with Gasteiger partial charge in [0, 0.05) is 24.5 Å². The molecule has 2 rings (SSSR count). The van der Waals surface area contributed by atoms with Crippen molar-refractivity contribution >= 4 is 22.9 Å². The second-order valence-corrected chi connectivity index (χ2v) is 7.05. The summed E-state index contributed by atoms with van der Waals surface area (Å²) in [5.74, 6) is 0. The molecular weight excluding hydrogens is 252 g/mol. The van der Waals surface area contributed by atoms with Gasteiger partial charge in [0.2, 0.25) is 0 Å². The Bertz CT molecular complexity index is 358. The number of rotatable bonds is 5. The monoisotopic (exact) mass is 272 g/mol.